The minimum absolute atomic E-state index is 0.0780. The molecule has 1 N–H and O–H groups in total. The molecular weight excluding hydrogens is 304 g/mol. The van der Waals surface area contributed by atoms with E-state index in [1.54, 1.807) is 0 Å². The summed E-state index contributed by atoms with van der Waals surface area (Å²) >= 11 is 1.06. The Morgan fingerprint density at radius 1 is 1.45 bits per heavy atom. The number of nitrogens with zero attached hydrogens (tertiary/aromatic N) is 2. The fourth-order valence-corrected chi connectivity index (χ4v) is 4.24. The van der Waals surface area contributed by atoms with Crippen LogP contribution in [0.2, 0.25) is 0 Å². The molecule has 1 aliphatic heterocycles. The Balaban J connectivity index is 2.24. The summed E-state index contributed by atoms with van der Waals surface area (Å²) in [5, 5.41) is 9.69. The molecule has 1 aromatic rings. The molecule has 0 saturated carbocycles. The first-order valence-electron chi connectivity index (χ1n) is 6.10. The van der Waals surface area contributed by atoms with Crippen LogP contribution >= 0.6 is 11.3 Å². The van der Waals surface area contributed by atoms with Gasteiger partial charge in [0.1, 0.15) is 4.88 Å². The zero-order valence-electron chi connectivity index (χ0n) is 11.0. The van der Waals surface area contributed by atoms with Gasteiger partial charge in [0.15, 0.2) is 15.0 Å². The number of anilines is 1. The highest BCUT2D eigenvalue weighted by Gasteiger charge is 2.24. The van der Waals surface area contributed by atoms with E-state index >= 15 is 0 Å². The number of sulfone groups is 1. The van der Waals surface area contributed by atoms with Crippen LogP contribution in [-0.2, 0) is 21.2 Å². The zero-order valence-corrected chi connectivity index (χ0v) is 12.7. The van der Waals surface area contributed by atoms with Gasteiger partial charge in [-0.25, -0.2) is 18.2 Å². The molecule has 0 aromatic carbocycles. The van der Waals surface area contributed by atoms with E-state index in [2.05, 4.69) is 4.98 Å². The molecule has 7 nitrogen and oxygen atoms in total. The van der Waals surface area contributed by atoms with Gasteiger partial charge in [-0.15, -0.1) is 0 Å². The van der Waals surface area contributed by atoms with Crippen LogP contribution in [0.25, 0.3) is 0 Å². The lowest BCUT2D eigenvalue weighted by Gasteiger charge is -2.17. The summed E-state index contributed by atoms with van der Waals surface area (Å²) in [5.41, 5.74) is 0.382. The summed E-state index contributed by atoms with van der Waals surface area (Å²) in [6.45, 7) is 1.05. The third-order valence-corrected chi connectivity index (χ3v) is 5.85. The van der Waals surface area contributed by atoms with Crippen LogP contribution in [0.1, 0.15) is 21.8 Å². The summed E-state index contributed by atoms with van der Waals surface area (Å²) in [4.78, 5) is 17.4. The van der Waals surface area contributed by atoms with E-state index in [0.29, 0.717) is 30.3 Å². The average Bonchev–Trinajstić information content (AvgIpc) is 2.69. The molecule has 1 fully saturated rings. The molecule has 1 saturated heterocycles. The number of aromatic carboxylic acids is 1. The predicted octanol–water partition coefficient (Wildman–Crippen LogP) is 0.613. The molecule has 0 unspecified atom stereocenters. The third-order valence-electron chi connectivity index (χ3n) is 2.99. The summed E-state index contributed by atoms with van der Waals surface area (Å²) in [5.74, 6) is -0.788. The highest BCUT2D eigenvalue weighted by Crippen LogP contribution is 2.28. The number of aromatic nitrogens is 1. The lowest BCUT2D eigenvalue weighted by Crippen LogP contribution is -2.26. The van der Waals surface area contributed by atoms with Crippen molar-refractivity contribution in [2.45, 2.75) is 13.0 Å². The van der Waals surface area contributed by atoms with Gasteiger partial charge in [-0.05, 0) is 6.42 Å². The highest BCUT2D eigenvalue weighted by molar-refractivity contribution is 7.91. The number of carboxylic acids is 1. The maximum absolute atomic E-state index is 11.6. The molecule has 1 aliphatic rings. The van der Waals surface area contributed by atoms with Gasteiger partial charge in [-0.1, -0.05) is 11.3 Å². The van der Waals surface area contributed by atoms with Gasteiger partial charge in [0.25, 0.3) is 0 Å². The molecule has 9 heteroatoms. The van der Waals surface area contributed by atoms with Crippen LogP contribution in [0, 0.1) is 0 Å². The lowest BCUT2D eigenvalue weighted by molar-refractivity contribution is 0.0697. The third kappa shape index (κ3) is 3.47. The Hall–Kier alpha value is -1.19. The number of methoxy groups -OCH3 is 1. The fourth-order valence-electron chi connectivity index (χ4n) is 2.01. The van der Waals surface area contributed by atoms with E-state index in [9.17, 15) is 13.2 Å². The van der Waals surface area contributed by atoms with Gasteiger partial charge < -0.3 is 14.7 Å². The standard InChI is InChI=1S/C11H16N2O5S2/c1-18-7-8-9(10(14)15)19-11(12-8)13-3-2-5-20(16,17)6-4-13/h2-7H2,1H3,(H,14,15). The summed E-state index contributed by atoms with van der Waals surface area (Å²) in [7, 11) is -1.52. The van der Waals surface area contributed by atoms with Crippen LogP contribution in [0.3, 0.4) is 0 Å². The molecule has 0 spiro atoms. The van der Waals surface area contributed by atoms with Gasteiger partial charge in [-0.3, -0.25) is 0 Å². The average molecular weight is 320 g/mol. The van der Waals surface area contributed by atoms with Crippen LogP contribution in [0.15, 0.2) is 0 Å². The number of thiazole rings is 1. The normalized spacial score (nSPS) is 18.8. The summed E-state index contributed by atoms with van der Waals surface area (Å²) < 4.78 is 28.1. The van der Waals surface area contributed by atoms with Crippen LogP contribution in [0.5, 0.6) is 0 Å². The van der Waals surface area contributed by atoms with Crippen molar-refractivity contribution in [2.24, 2.45) is 0 Å². The van der Waals surface area contributed by atoms with Gasteiger partial charge in [0.2, 0.25) is 0 Å². The van der Waals surface area contributed by atoms with Crippen molar-refractivity contribution in [3.63, 3.8) is 0 Å². The zero-order chi connectivity index (χ0) is 14.8. The van der Waals surface area contributed by atoms with Crippen molar-refractivity contribution in [1.82, 2.24) is 4.98 Å². The van der Waals surface area contributed by atoms with E-state index in [1.165, 1.54) is 7.11 Å². The van der Waals surface area contributed by atoms with E-state index in [1.807, 2.05) is 4.90 Å². The van der Waals surface area contributed by atoms with Gasteiger partial charge in [0, 0.05) is 20.2 Å². The lowest BCUT2D eigenvalue weighted by atomic mass is 10.4. The molecular formula is C11H16N2O5S2. The molecule has 2 rings (SSSR count). The van der Waals surface area contributed by atoms with Gasteiger partial charge in [0.05, 0.1) is 23.8 Å². The van der Waals surface area contributed by atoms with E-state index in [-0.39, 0.29) is 23.0 Å². The Bertz CT molecular complexity index is 596. The molecule has 0 bridgehead atoms. The molecule has 2 heterocycles. The summed E-state index contributed by atoms with van der Waals surface area (Å²) in [6.07, 6.45) is 0.532. The molecule has 0 radical (unpaired) electrons. The van der Waals surface area contributed by atoms with Crippen LogP contribution in [0.4, 0.5) is 5.13 Å². The fraction of sp³-hybridized carbons (Fsp3) is 0.636. The molecule has 0 amide bonds. The molecule has 20 heavy (non-hydrogen) atoms. The SMILES string of the molecule is COCc1nc(N2CCCS(=O)(=O)CC2)sc1C(=O)O. The number of rotatable bonds is 4. The largest absolute Gasteiger partial charge is 0.477 e. The van der Waals surface area contributed by atoms with E-state index in [4.69, 9.17) is 9.84 Å². The van der Waals surface area contributed by atoms with Gasteiger partial charge in [-0.2, -0.15) is 0 Å². The van der Waals surface area contributed by atoms with Crippen LogP contribution < -0.4 is 4.90 Å². The van der Waals surface area contributed by atoms with Crippen molar-refractivity contribution >= 4 is 32.3 Å². The minimum atomic E-state index is -3.00. The van der Waals surface area contributed by atoms with E-state index < -0.39 is 15.8 Å². The second-order valence-electron chi connectivity index (χ2n) is 4.50. The molecule has 1 aromatic heterocycles. The minimum Gasteiger partial charge on any atom is -0.477 e. The smallest absolute Gasteiger partial charge is 0.347 e. The van der Waals surface area contributed by atoms with Crippen molar-refractivity contribution in [2.75, 3.05) is 36.6 Å². The molecule has 0 aliphatic carbocycles. The van der Waals surface area contributed by atoms with Crippen molar-refractivity contribution in [3.05, 3.63) is 10.6 Å². The number of hydrogen-bond donors (Lipinski definition) is 1. The monoisotopic (exact) mass is 320 g/mol. The maximum Gasteiger partial charge on any atom is 0.347 e. The highest BCUT2D eigenvalue weighted by atomic mass is 32.2. The van der Waals surface area contributed by atoms with E-state index in [0.717, 1.165) is 11.3 Å². The van der Waals surface area contributed by atoms with Crippen LogP contribution in [-0.4, -0.2) is 56.2 Å². The van der Waals surface area contributed by atoms with Crippen molar-refractivity contribution < 1.29 is 23.1 Å². The Morgan fingerprint density at radius 3 is 2.85 bits per heavy atom. The first-order valence-corrected chi connectivity index (χ1v) is 8.74. The number of ether oxygens (including phenoxy) is 1. The topological polar surface area (TPSA) is 96.8 Å². The van der Waals surface area contributed by atoms with Crippen molar-refractivity contribution in [3.8, 4) is 0 Å². The summed E-state index contributed by atoms with van der Waals surface area (Å²) in [6, 6.07) is 0. The first-order chi connectivity index (χ1) is 9.43. The quantitative estimate of drug-likeness (QED) is 0.868. The molecule has 0 atom stereocenters. The molecule has 112 valence electrons. The first kappa shape index (κ1) is 15.2. The number of carbonyl (C=O) groups is 1. The second kappa shape index (κ2) is 6.06. The second-order valence-corrected chi connectivity index (χ2v) is 7.78. The van der Waals surface area contributed by atoms with Gasteiger partial charge >= 0.3 is 5.97 Å². The predicted molar refractivity (Wildman–Crippen MR) is 75.3 cm³/mol. The Kier molecular flexibility index (Phi) is 4.61. The van der Waals surface area contributed by atoms with Crippen molar-refractivity contribution in [1.29, 1.82) is 0 Å². The maximum atomic E-state index is 11.6. The number of hydrogen-bond acceptors (Lipinski definition) is 7. The Morgan fingerprint density at radius 2 is 2.20 bits per heavy atom. The Labute approximate surface area is 121 Å². The number of carboxylic acid groups (broad SMARTS) is 1.